The first-order valence-corrected chi connectivity index (χ1v) is 7.12. The number of hydrogen-bond acceptors (Lipinski definition) is 3. The van der Waals surface area contributed by atoms with Gasteiger partial charge in [-0.3, -0.25) is 4.90 Å². The van der Waals surface area contributed by atoms with Gasteiger partial charge in [-0.1, -0.05) is 18.2 Å². The van der Waals surface area contributed by atoms with Gasteiger partial charge in [0.15, 0.2) is 0 Å². The number of aliphatic hydroxyl groups is 1. The van der Waals surface area contributed by atoms with Crippen LogP contribution in [-0.2, 0) is 7.05 Å². The molecular weight excluding hydrogens is 262 g/mol. The monoisotopic (exact) mass is 285 g/mol. The first kappa shape index (κ1) is 15.5. The number of aryl methyl sites for hydroxylation is 2. The third-order valence-electron chi connectivity index (χ3n) is 3.72. The lowest BCUT2D eigenvalue weighted by molar-refractivity contribution is 0.125. The lowest BCUT2D eigenvalue weighted by atomic mass is 10.1. The molecular formula is C17H23N3O. The van der Waals surface area contributed by atoms with Gasteiger partial charge in [-0.15, -0.1) is 13.2 Å². The minimum Gasteiger partial charge on any atom is -0.387 e. The summed E-state index contributed by atoms with van der Waals surface area (Å²) in [5.74, 6) is 0.969. The smallest absolute Gasteiger partial charge is 0.106 e. The van der Waals surface area contributed by atoms with E-state index in [1.54, 1.807) is 0 Å². The highest BCUT2D eigenvalue weighted by atomic mass is 16.3. The lowest BCUT2D eigenvalue weighted by Crippen LogP contribution is -2.29. The van der Waals surface area contributed by atoms with Crippen LogP contribution in [0.2, 0.25) is 0 Å². The zero-order valence-corrected chi connectivity index (χ0v) is 12.8. The Morgan fingerprint density at radius 3 is 2.62 bits per heavy atom. The largest absolute Gasteiger partial charge is 0.387 e. The number of benzene rings is 1. The van der Waals surface area contributed by atoms with Crippen molar-refractivity contribution in [2.24, 2.45) is 7.05 Å². The molecule has 1 N–H and O–H groups in total. The zero-order chi connectivity index (χ0) is 15.4. The Bertz CT molecular complexity index is 635. The fraction of sp³-hybridized carbons (Fsp3) is 0.353. The van der Waals surface area contributed by atoms with E-state index >= 15 is 0 Å². The summed E-state index contributed by atoms with van der Waals surface area (Å²) in [6.07, 6.45) is 3.12. The van der Waals surface area contributed by atoms with Crippen LogP contribution in [0.25, 0.3) is 11.0 Å². The topological polar surface area (TPSA) is 41.3 Å². The number of hydrogen-bond donors (Lipinski definition) is 1. The van der Waals surface area contributed by atoms with Crippen LogP contribution < -0.4 is 0 Å². The van der Waals surface area contributed by atoms with E-state index in [2.05, 4.69) is 23.0 Å². The van der Waals surface area contributed by atoms with Gasteiger partial charge in [0.2, 0.25) is 0 Å². The van der Waals surface area contributed by atoms with Crippen molar-refractivity contribution in [1.82, 2.24) is 14.5 Å². The molecule has 1 aromatic carbocycles. The van der Waals surface area contributed by atoms with Crippen molar-refractivity contribution in [2.75, 3.05) is 19.6 Å². The highest BCUT2D eigenvalue weighted by Crippen LogP contribution is 2.21. The van der Waals surface area contributed by atoms with Gasteiger partial charge in [0.1, 0.15) is 5.82 Å². The lowest BCUT2D eigenvalue weighted by Gasteiger charge is -2.22. The van der Waals surface area contributed by atoms with Crippen molar-refractivity contribution in [1.29, 1.82) is 0 Å². The van der Waals surface area contributed by atoms with Crippen LogP contribution in [0, 0.1) is 6.92 Å². The molecule has 0 aliphatic rings. The fourth-order valence-electron chi connectivity index (χ4n) is 2.48. The molecule has 21 heavy (non-hydrogen) atoms. The molecule has 0 spiro atoms. The summed E-state index contributed by atoms with van der Waals surface area (Å²) in [5, 5.41) is 10.4. The molecule has 2 aromatic rings. The Morgan fingerprint density at radius 2 is 2.00 bits per heavy atom. The van der Waals surface area contributed by atoms with Gasteiger partial charge < -0.3 is 9.67 Å². The van der Waals surface area contributed by atoms with Crippen molar-refractivity contribution < 1.29 is 5.11 Å². The summed E-state index contributed by atoms with van der Waals surface area (Å²) in [5.41, 5.74) is 2.89. The van der Waals surface area contributed by atoms with E-state index in [1.807, 2.05) is 48.9 Å². The van der Waals surface area contributed by atoms with Crippen LogP contribution >= 0.6 is 0 Å². The van der Waals surface area contributed by atoms with E-state index in [-0.39, 0.29) is 0 Å². The number of nitrogens with zero attached hydrogens (tertiary/aromatic N) is 3. The van der Waals surface area contributed by atoms with Gasteiger partial charge in [-0.2, -0.15) is 0 Å². The van der Waals surface area contributed by atoms with Gasteiger partial charge >= 0.3 is 0 Å². The fourth-order valence-corrected chi connectivity index (χ4v) is 2.48. The molecule has 0 amide bonds. The predicted molar refractivity (Wildman–Crippen MR) is 87.2 cm³/mol. The van der Waals surface area contributed by atoms with Gasteiger partial charge in [0, 0.05) is 26.7 Å². The Kier molecular flexibility index (Phi) is 4.94. The Labute approximate surface area is 126 Å². The summed E-state index contributed by atoms with van der Waals surface area (Å²) >= 11 is 0. The van der Waals surface area contributed by atoms with Crippen LogP contribution in [0.3, 0.4) is 0 Å². The zero-order valence-electron chi connectivity index (χ0n) is 12.8. The summed E-state index contributed by atoms with van der Waals surface area (Å²) in [7, 11) is 2.00. The molecule has 0 bridgehead atoms. The quantitative estimate of drug-likeness (QED) is 0.795. The number of imidazole rings is 1. The first-order chi connectivity index (χ1) is 10.1. The van der Waals surface area contributed by atoms with Crippen molar-refractivity contribution in [2.45, 2.75) is 13.0 Å². The predicted octanol–water partition coefficient (Wildman–Crippen LogP) is 2.59. The maximum absolute atomic E-state index is 10.4. The van der Waals surface area contributed by atoms with Crippen LogP contribution in [-0.4, -0.2) is 39.2 Å². The van der Waals surface area contributed by atoms with E-state index in [0.29, 0.717) is 6.54 Å². The Balaban J connectivity index is 2.20. The second-order valence-electron chi connectivity index (χ2n) is 5.28. The third kappa shape index (κ3) is 3.40. The number of fused-ring (bicyclic) bond motifs is 1. The Hall–Kier alpha value is -1.91. The van der Waals surface area contributed by atoms with E-state index in [1.165, 1.54) is 0 Å². The van der Waals surface area contributed by atoms with E-state index < -0.39 is 6.10 Å². The summed E-state index contributed by atoms with van der Waals surface area (Å²) in [4.78, 5) is 6.61. The molecule has 4 nitrogen and oxygen atoms in total. The van der Waals surface area contributed by atoms with Crippen LogP contribution in [0.15, 0.2) is 43.5 Å². The SMILES string of the molecule is C=CCN(CC=C)CC(O)c1ccc2c(c1)nc(C)n2C. The molecule has 4 heteroatoms. The van der Waals surface area contributed by atoms with Crippen LogP contribution in [0.4, 0.5) is 0 Å². The molecule has 0 saturated heterocycles. The summed E-state index contributed by atoms with van der Waals surface area (Å²) < 4.78 is 2.05. The van der Waals surface area contributed by atoms with Crippen molar-refractivity contribution in [3.05, 3.63) is 54.9 Å². The highest BCUT2D eigenvalue weighted by Gasteiger charge is 2.14. The van der Waals surface area contributed by atoms with Gasteiger partial charge in [-0.25, -0.2) is 4.98 Å². The van der Waals surface area contributed by atoms with E-state index in [4.69, 9.17) is 0 Å². The first-order valence-electron chi connectivity index (χ1n) is 7.12. The molecule has 1 aromatic heterocycles. The minimum atomic E-state index is -0.545. The second-order valence-corrected chi connectivity index (χ2v) is 5.28. The summed E-state index contributed by atoms with van der Waals surface area (Å²) in [6, 6.07) is 5.94. The standard InChI is InChI=1S/C17H23N3O/c1-5-9-20(10-6-2)12-17(21)14-7-8-16-15(11-14)18-13(3)19(16)4/h5-8,11,17,21H,1-2,9-10,12H2,3-4H3. The van der Waals surface area contributed by atoms with E-state index in [9.17, 15) is 5.11 Å². The number of rotatable bonds is 7. The average Bonchev–Trinajstić information content (AvgIpc) is 2.74. The minimum absolute atomic E-state index is 0.545. The summed E-state index contributed by atoms with van der Waals surface area (Å²) in [6.45, 7) is 11.5. The van der Waals surface area contributed by atoms with Crippen molar-refractivity contribution in [3.63, 3.8) is 0 Å². The molecule has 0 radical (unpaired) electrons. The average molecular weight is 285 g/mol. The van der Waals surface area contributed by atoms with Crippen molar-refractivity contribution >= 4 is 11.0 Å². The molecule has 1 unspecified atom stereocenters. The maximum Gasteiger partial charge on any atom is 0.106 e. The van der Waals surface area contributed by atoms with Crippen molar-refractivity contribution in [3.8, 4) is 0 Å². The molecule has 0 aliphatic carbocycles. The van der Waals surface area contributed by atoms with E-state index in [0.717, 1.165) is 35.5 Å². The molecule has 112 valence electrons. The molecule has 0 saturated carbocycles. The second kappa shape index (κ2) is 6.70. The van der Waals surface area contributed by atoms with Gasteiger partial charge in [-0.05, 0) is 24.6 Å². The number of aromatic nitrogens is 2. The normalized spacial score (nSPS) is 12.8. The molecule has 1 atom stereocenters. The highest BCUT2D eigenvalue weighted by molar-refractivity contribution is 5.76. The molecule has 0 fully saturated rings. The molecule has 2 rings (SSSR count). The van der Waals surface area contributed by atoms with Gasteiger partial charge in [0.25, 0.3) is 0 Å². The Morgan fingerprint density at radius 1 is 1.33 bits per heavy atom. The molecule has 0 aliphatic heterocycles. The molecule has 1 heterocycles. The van der Waals surface area contributed by atoms with Gasteiger partial charge in [0.05, 0.1) is 17.1 Å². The number of aliphatic hydroxyl groups excluding tert-OH is 1. The van der Waals surface area contributed by atoms with Crippen LogP contribution in [0.5, 0.6) is 0 Å². The third-order valence-corrected chi connectivity index (χ3v) is 3.72. The van der Waals surface area contributed by atoms with Crippen LogP contribution in [0.1, 0.15) is 17.5 Å². The maximum atomic E-state index is 10.4.